The first-order valence-electron chi connectivity index (χ1n) is 3.00. The minimum atomic E-state index is 0. The summed E-state index contributed by atoms with van der Waals surface area (Å²) in [6, 6.07) is 0. The van der Waals surface area contributed by atoms with Crippen molar-refractivity contribution in [3.8, 4) is 0 Å². The summed E-state index contributed by atoms with van der Waals surface area (Å²) in [5, 5.41) is 0. The van der Waals surface area contributed by atoms with Crippen molar-refractivity contribution >= 4 is 0 Å². The van der Waals surface area contributed by atoms with Gasteiger partial charge >= 0.3 is 58.4 Å². The number of hydrogen-bond acceptors (Lipinski definition) is 0. The van der Waals surface area contributed by atoms with Crippen LogP contribution in [0.4, 0.5) is 0 Å². The second-order valence-electron chi connectivity index (χ2n) is 3.00. The Hall–Kier alpha value is 1.55. The van der Waals surface area contributed by atoms with Crippen LogP contribution in [0.25, 0.3) is 24.6 Å². The van der Waals surface area contributed by atoms with Crippen molar-refractivity contribution in [2.45, 2.75) is 41.5 Å². The van der Waals surface area contributed by atoms with Gasteiger partial charge in [-0.25, -0.2) is 0 Å². The smallest absolute Gasteiger partial charge is 0.693 e. The quantitative estimate of drug-likeness (QED) is 0.383. The van der Waals surface area contributed by atoms with Crippen LogP contribution >= 0.6 is 0 Å². The van der Waals surface area contributed by atoms with Gasteiger partial charge in [0.05, 0.1) is 0 Å². The van der Waals surface area contributed by atoms with Gasteiger partial charge in [-0.05, 0) is 0 Å². The van der Waals surface area contributed by atoms with Crippen LogP contribution < -0.4 is 0 Å². The summed E-state index contributed by atoms with van der Waals surface area (Å²) >= 11 is 0. The molecule has 0 saturated carbocycles. The summed E-state index contributed by atoms with van der Waals surface area (Å²) in [7, 11) is 0. The molecule has 16 N–H and O–H groups in total. The van der Waals surface area contributed by atoms with Crippen molar-refractivity contribution in [2.24, 2.45) is 0 Å². The monoisotopic (exact) mass is 442 g/mol. The van der Waals surface area contributed by atoms with E-state index in [-0.39, 0.29) is 105 Å². The normalized spacial score (nSPS) is 3.79. The summed E-state index contributed by atoms with van der Waals surface area (Å²) in [4.78, 5) is 0. The molecule has 0 saturated heterocycles. The molecule has 19 heavy (non-hydrogen) atoms. The van der Waals surface area contributed by atoms with Gasteiger partial charge in [-0.15, -0.1) is 0 Å². The Labute approximate surface area is 157 Å². The molecule has 0 rings (SSSR count). The predicted molar refractivity (Wildman–Crippen MR) is 76.1 cm³/mol. The van der Waals surface area contributed by atoms with Crippen LogP contribution in [-0.4, -0.2) is 21.9 Å². The fourth-order valence-electron chi connectivity index (χ4n) is 0. The number of hydrogen-bond donors (Lipinski definition) is 0. The van der Waals surface area contributed by atoms with E-state index in [0.29, 0.717) is 0 Å². The molecule has 0 aromatic heterocycles. The van der Waals surface area contributed by atoms with Gasteiger partial charge in [-0.3, -0.25) is 0 Å². The molecule has 0 spiro atoms. The van der Waals surface area contributed by atoms with Crippen LogP contribution in [0.2, 0.25) is 0 Å². The van der Waals surface area contributed by atoms with Gasteiger partial charge in [0.1, 0.15) is 0 Å². The van der Waals surface area contributed by atoms with Gasteiger partial charge in [0.15, 0.2) is 0 Å². The van der Waals surface area contributed by atoms with E-state index in [2.05, 4.69) is 41.5 Å². The van der Waals surface area contributed by atoms with Crippen LogP contribution in [0.1, 0.15) is 41.5 Å². The van der Waals surface area contributed by atoms with E-state index >= 15 is 0 Å². The Kier molecular flexibility index (Phi) is 856. The van der Waals surface area contributed by atoms with Crippen molar-refractivity contribution in [1.29, 1.82) is 0 Å². The topological polar surface area (TPSA) is 260 Å². The Balaban J connectivity index is -0.00000000218. The summed E-state index contributed by atoms with van der Waals surface area (Å²) in [5.74, 6) is 2.83. The van der Waals surface area contributed by atoms with Crippen LogP contribution in [-0.2, 0) is 58.4 Å². The first-order chi connectivity index (χ1) is 3.46. The van der Waals surface area contributed by atoms with Gasteiger partial charge < -0.3 is 58.3 Å². The largest absolute Gasteiger partial charge is 2.00 e. The summed E-state index contributed by atoms with van der Waals surface area (Å²) in [6.07, 6.45) is 0. The molecule has 8 nitrogen and oxygen atoms in total. The SMILES string of the molecule is C[C-](C)C.C[C-](C)C.O.O.O.O.[NH2-].[NH2-].[NH2-].[NH2-].[Zn+2].[Zn+2].[Zn+2]. The van der Waals surface area contributed by atoms with Crippen molar-refractivity contribution in [2.75, 3.05) is 0 Å². The molecule has 0 heterocycles. The third-order valence-corrected chi connectivity index (χ3v) is 0. The van der Waals surface area contributed by atoms with Crippen molar-refractivity contribution in [3.05, 3.63) is 36.4 Å². The van der Waals surface area contributed by atoms with Crippen LogP contribution in [0.3, 0.4) is 0 Å². The molecule has 11 heteroatoms. The zero-order valence-corrected chi connectivity index (χ0v) is 22.3. The Bertz CT molecular complexity index is 51.5. The maximum absolute atomic E-state index is 2.08. The molecular formula is C8H34N4O4Zn3. The van der Waals surface area contributed by atoms with E-state index in [0.717, 1.165) is 0 Å². The van der Waals surface area contributed by atoms with E-state index in [1.54, 1.807) is 0 Å². The van der Waals surface area contributed by atoms with Crippen LogP contribution in [0.15, 0.2) is 0 Å². The predicted octanol–water partition coefficient (Wildman–Crippen LogP) is 2.80. The summed E-state index contributed by atoms with van der Waals surface area (Å²) < 4.78 is 0. The Morgan fingerprint density at radius 3 is 0.368 bits per heavy atom. The van der Waals surface area contributed by atoms with E-state index < -0.39 is 0 Å². The minimum Gasteiger partial charge on any atom is -0.693 e. The summed E-state index contributed by atoms with van der Waals surface area (Å²) in [6.45, 7) is 12.5. The molecule has 0 aromatic carbocycles. The maximum Gasteiger partial charge on any atom is 2.00 e. The maximum atomic E-state index is 2.08. The Morgan fingerprint density at radius 2 is 0.368 bits per heavy atom. The third-order valence-electron chi connectivity index (χ3n) is 0. The van der Waals surface area contributed by atoms with Gasteiger partial charge in [-0.1, -0.05) is 0 Å². The minimum absolute atomic E-state index is 0. The molecule has 0 aliphatic heterocycles. The van der Waals surface area contributed by atoms with E-state index in [9.17, 15) is 0 Å². The average Bonchev–Trinajstić information content (AvgIpc) is 1.25. The van der Waals surface area contributed by atoms with E-state index in [1.165, 1.54) is 11.8 Å². The number of nitrogens with two attached hydrogens (primary N) is 4. The van der Waals surface area contributed by atoms with E-state index in [4.69, 9.17) is 0 Å². The van der Waals surface area contributed by atoms with Crippen molar-refractivity contribution < 1.29 is 80.3 Å². The van der Waals surface area contributed by atoms with Gasteiger partial charge in [-0.2, -0.15) is 41.5 Å². The second-order valence-corrected chi connectivity index (χ2v) is 3.00. The molecule has 0 fully saturated rings. The molecule has 0 amide bonds. The Morgan fingerprint density at radius 1 is 0.368 bits per heavy atom. The molecule has 116 valence electrons. The molecule has 0 bridgehead atoms. The van der Waals surface area contributed by atoms with Crippen molar-refractivity contribution in [1.82, 2.24) is 0 Å². The standard InChI is InChI=1S/2C4H9.4H2N.4H2O.3Zn/c2*1-4(2)3;;;;;;;;;;;/h2*1-3H3;8*1H2;;;/q6*-1;;;;;3*+2. The molecule has 0 atom stereocenters. The number of rotatable bonds is 0. The van der Waals surface area contributed by atoms with Crippen LogP contribution in [0, 0.1) is 11.8 Å². The molecule has 0 radical (unpaired) electrons. The molecule has 0 aliphatic carbocycles. The fraction of sp³-hybridized carbons (Fsp3) is 0.750. The first-order valence-corrected chi connectivity index (χ1v) is 3.00. The summed E-state index contributed by atoms with van der Waals surface area (Å²) in [5.41, 5.74) is 0. The van der Waals surface area contributed by atoms with Gasteiger partial charge in [0, 0.05) is 0 Å². The van der Waals surface area contributed by atoms with Gasteiger partial charge in [0.2, 0.25) is 0 Å². The zero-order valence-electron chi connectivity index (χ0n) is 13.4. The first kappa shape index (κ1) is 138. The van der Waals surface area contributed by atoms with Crippen molar-refractivity contribution in [3.63, 3.8) is 0 Å². The molecule has 0 aliphatic rings. The molecule has 0 unspecified atom stereocenters. The molecular weight excluding hydrogens is 412 g/mol. The zero-order chi connectivity index (χ0) is 7.15. The molecule has 0 aromatic rings. The fourth-order valence-corrected chi connectivity index (χ4v) is 0. The van der Waals surface area contributed by atoms with Crippen LogP contribution in [0.5, 0.6) is 0 Å². The van der Waals surface area contributed by atoms with Gasteiger partial charge in [0.25, 0.3) is 0 Å². The third kappa shape index (κ3) is 2510. The average molecular weight is 447 g/mol. The van der Waals surface area contributed by atoms with E-state index in [1.807, 2.05) is 0 Å². The second kappa shape index (κ2) is 118.